The molecule has 25 heavy (non-hydrogen) atoms. The molecule has 0 radical (unpaired) electrons. The molecule has 0 bridgehead atoms. The molecular formula is C18H27NO5S. The minimum absolute atomic E-state index is 0.275. The van der Waals surface area contributed by atoms with Crippen molar-refractivity contribution < 1.29 is 22.2 Å². The van der Waals surface area contributed by atoms with Gasteiger partial charge in [-0.3, -0.25) is 8.98 Å². The predicted molar refractivity (Wildman–Crippen MR) is 95.8 cm³/mol. The average molecular weight is 369 g/mol. The first-order valence-corrected chi connectivity index (χ1v) is 9.32. The Bertz CT molecular complexity index is 623. The van der Waals surface area contributed by atoms with Crippen LogP contribution in [0.25, 0.3) is 0 Å². The van der Waals surface area contributed by atoms with Gasteiger partial charge in [-0.05, 0) is 59.6 Å². The van der Waals surface area contributed by atoms with Crippen LogP contribution in [0.15, 0.2) is 24.3 Å². The SMILES string of the molecule is CC(=O)ON1C(C)(C)CC(OS(=O)Oc2ccc(C)cc2)CC1(C)C. The van der Waals surface area contributed by atoms with Crippen LogP contribution in [0.3, 0.4) is 0 Å². The van der Waals surface area contributed by atoms with Crippen LogP contribution in [0, 0.1) is 6.92 Å². The fourth-order valence-corrected chi connectivity index (χ4v) is 4.08. The van der Waals surface area contributed by atoms with E-state index in [2.05, 4.69) is 0 Å². The topological polar surface area (TPSA) is 65.1 Å². The summed E-state index contributed by atoms with van der Waals surface area (Å²) in [6.45, 7) is 11.2. The first kappa shape index (κ1) is 19.9. The number of hydroxylamine groups is 2. The van der Waals surface area contributed by atoms with Gasteiger partial charge in [0, 0.05) is 6.92 Å². The summed E-state index contributed by atoms with van der Waals surface area (Å²) in [5.74, 6) is 0.145. The number of carbonyl (C=O) groups excluding carboxylic acids is 1. The smallest absolute Gasteiger partial charge is 0.360 e. The molecular weight excluding hydrogens is 342 g/mol. The maximum atomic E-state index is 12.2. The number of hydrogen-bond donors (Lipinski definition) is 0. The van der Waals surface area contributed by atoms with Crippen molar-refractivity contribution in [2.24, 2.45) is 0 Å². The summed E-state index contributed by atoms with van der Waals surface area (Å²) in [5.41, 5.74) is 0.193. The number of nitrogens with zero attached hydrogens (tertiary/aromatic N) is 1. The molecule has 1 aliphatic rings. The highest BCUT2D eigenvalue weighted by Crippen LogP contribution is 2.40. The summed E-state index contributed by atoms with van der Waals surface area (Å²) in [5, 5.41) is 1.71. The van der Waals surface area contributed by atoms with Gasteiger partial charge in [0.15, 0.2) is 0 Å². The Labute approximate surface area is 152 Å². The van der Waals surface area contributed by atoms with E-state index in [1.54, 1.807) is 17.2 Å². The highest BCUT2D eigenvalue weighted by Gasteiger charge is 2.49. The Morgan fingerprint density at radius 1 is 1.12 bits per heavy atom. The molecule has 7 heteroatoms. The van der Waals surface area contributed by atoms with Crippen LogP contribution >= 0.6 is 0 Å². The number of hydrogen-bond acceptors (Lipinski definition) is 6. The summed E-state index contributed by atoms with van der Waals surface area (Å²) in [6.07, 6.45) is 0.850. The normalized spacial score (nSPS) is 21.5. The van der Waals surface area contributed by atoms with Crippen molar-refractivity contribution in [2.75, 3.05) is 0 Å². The van der Waals surface area contributed by atoms with Gasteiger partial charge < -0.3 is 9.02 Å². The van der Waals surface area contributed by atoms with E-state index in [1.165, 1.54) is 6.92 Å². The molecule has 1 aromatic carbocycles. The average Bonchev–Trinajstić information content (AvgIpc) is 2.44. The van der Waals surface area contributed by atoms with Crippen LogP contribution in [-0.2, 0) is 25.2 Å². The summed E-state index contributed by atoms with van der Waals surface area (Å²) < 4.78 is 23.2. The Hall–Kier alpha value is -1.44. The standard InChI is InChI=1S/C18H27NO5S/c1-13-7-9-15(10-8-13)23-25(21)24-16-11-17(3,4)19(22-14(2)20)18(5,6)12-16/h7-10,16H,11-12H2,1-6H3. The van der Waals surface area contributed by atoms with E-state index in [-0.39, 0.29) is 12.1 Å². The highest BCUT2D eigenvalue weighted by atomic mass is 32.2. The van der Waals surface area contributed by atoms with Gasteiger partial charge in [-0.25, -0.2) is 0 Å². The van der Waals surface area contributed by atoms with E-state index < -0.39 is 22.4 Å². The minimum Gasteiger partial charge on any atom is -0.380 e. The first-order valence-electron chi connectivity index (χ1n) is 8.32. The second-order valence-electron chi connectivity index (χ2n) is 7.73. The zero-order chi connectivity index (χ0) is 18.8. The molecule has 1 aromatic rings. The Kier molecular flexibility index (Phi) is 5.91. The Balaban J connectivity index is 2.02. The number of piperidine rings is 1. The van der Waals surface area contributed by atoms with E-state index in [0.29, 0.717) is 18.6 Å². The monoisotopic (exact) mass is 369 g/mol. The van der Waals surface area contributed by atoms with Crippen LogP contribution in [0.1, 0.15) is 53.0 Å². The quantitative estimate of drug-likeness (QED) is 0.792. The summed E-state index contributed by atoms with van der Waals surface area (Å²) >= 11 is -1.89. The molecule has 1 unspecified atom stereocenters. The van der Waals surface area contributed by atoms with Crippen molar-refractivity contribution in [1.82, 2.24) is 5.06 Å². The molecule has 0 aliphatic carbocycles. The van der Waals surface area contributed by atoms with Gasteiger partial charge >= 0.3 is 17.3 Å². The van der Waals surface area contributed by atoms with Gasteiger partial charge in [-0.1, -0.05) is 17.7 Å². The lowest BCUT2D eigenvalue weighted by Gasteiger charge is -2.52. The zero-order valence-corrected chi connectivity index (χ0v) is 16.5. The fraction of sp³-hybridized carbons (Fsp3) is 0.611. The van der Waals surface area contributed by atoms with Gasteiger partial charge in [0.2, 0.25) is 0 Å². The maximum absolute atomic E-state index is 12.2. The van der Waals surface area contributed by atoms with Crippen LogP contribution in [0.5, 0.6) is 5.75 Å². The maximum Gasteiger partial charge on any atom is 0.360 e. The third-order valence-electron chi connectivity index (χ3n) is 4.17. The van der Waals surface area contributed by atoms with E-state index in [4.69, 9.17) is 13.2 Å². The van der Waals surface area contributed by atoms with Gasteiger partial charge in [-0.2, -0.15) is 4.21 Å². The van der Waals surface area contributed by atoms with Crippen molar-refractivity contribution in [1.29, 1.82) is 0 Å². The van der Waals surface area contributed by atoms with E-state index in [1.807, 2.05) is 46.8 Å². The van der Waals surface area contributed by atoms with Crippen LogP contribution in [0.2, 0.25) is 0 Å². The molecule has 0 N–H and O–H groups in total. The van der Waals surface area contributed by atoms with Crippen LogP contribution < -0.4 is 4.18 Å². The minimum atomic E-state index is -1.89. The zero-order valence-electron chi connectivity index (χ0n) is 15.7. The molecule has 6 nitrogen and oxygen atoms in total. The Morgan fingerprint density at radius 3 is 2.12 bits per heavy atom. The van der Waals surface area contributed by atoms with Crippen LogP contribution in [-0.4, -0.2) is 32.4 Å². The lowest BCUT2D eigenvalue weighted by molar-refractivity contribution is -0.272. The van der Waals surface area contributed by atoms with Crippen molar-refractivity contribution in [3.8, 4) is 5.75 Å². The second-order valence-corrected chi connectivity index (χ2v) is 8.50. The van der Waals surface area contributed by atoms with Crippen molar-refractivity contribution in [3.05, 3.63) is 29.8 Å². The lowest BCUT2D eigenvalue weighted by Crippen LogP contribution is -2.62. The van der Waals surface area contributed by atoms with Gasteiger partial charge in [0.1, 0.15) is 5.75 Å². The molecule has 0 amide bonds. The largest absolute Gasteiger partial charge is 0.380 e. The van der Waals surface area contributed by atoms with Crippen molar-refractivity contribution in [2.45, 2.75) is 71.6 Å². The summed E-state index contributed by atoms with van der Waals surface area (Å²) in [4.78, 5) is 16.8. The number of carbonyl (C=O) groups is 1. The number of rotatable bonds is 5. The molecule has 1 fully saturated rings. The van der Waals surface area contributed by atoms with E-state index in [9.17, 15) is 9.00 Å². The summed E-state index contributed by atoms with van der Waals surface area (Å²) in [6, 6.07) is 7.29. The van der Waals surface area contributed by atoms with E-state index in [0.717, 1.165) is 5.56 Å². The highest BCUT2D eigenvalue weighted by molar-refractivity contribution is 7.75. The van der Waals surface area contributed by atoms with Crippen molar-refractivity contribution >= 4 is 17.3 Å². The number of benzene rings is 1. The summed E-state index contributed by atoms with van der Waals surface area (Å²) in [7, 11) is 0. The molecule has 0 spiro atoms. The molecule has 1 saturated heterocycles. The second kappa shape index (κ2) is 7.43. The fourth-order valence-electron chi connectivity index (χ4n) is 3.42. The van der Waals surface area contributed by atoms with Gasteiger partial charge in [-0.15, -0.1) is 5.06 Å². The third kappa shape index (κ3) is 5.26. The van der Waals surface area contributed by atoms with Gasteiger partial charge in [0.25, 0.3) is 0 Å². The molecule has 0 aromatic heterocycles. The molecule has 1 heterocycles. The first-order chi connectivity index (χ1) is 11.5. The molecule has 140 valence electrons. The van der Waals surface area contributed by atoms with Crippen molar-refractivity contribution in [3.63, 3.8) is 0 Å². The molecule has 1 aliphatic heterocycles. The van der Waals surface area contributed by atoms with E-state index >= 15 is 0 Å². The van der Waals surface area contributed by atoms with Gasteiger partial charge in [0.05, 0.1) is 17.2 Å². The Morgan fingerprint density at radius 2 is 1.64 bits per heavy atom. The predicted octanol–water partition coefficient (Wildman–Crippen LogP) is 3.47. The molecule has 0 saturated carbocycles. The molecule has 1 atom stereocenters. The lowest BCUT2D eigenvalue weighted by atomic mass is 9.80. The van der Waals surface area contributed by atoms with Crippen LogP contribution in [0.4, 0.5) is 0 Å². The number of aryl methyl sites for hydroxylation is 1. The third-order valence-corrected chi connectivity index (χ3v) is 4.93. The molecule has 2 rings (SSSR count).